The van der Waals surface area contributed by atoms with Crippen LogP contribution in [-0.4, -0.2) is 37.6 Å². The molecule has 3 N–H and O–H groups in total. The summed E-state index contributed by atoms with van der Waals surface area (Å²) in [6.07, 6.45) is 0. The second-order valence-electron chi connectivity index (χ2n) is 6.62. The molecule has 0 heterocycles. The molecule has 0 saturated heterocycles. The number of carbonyl (C=O) groups excluding carboxylic acids is 1. The molecule has 0 aromatic heterocycles. The zero-order valence-electron chi connectivity index (χ0n) is 16.0. The Hall–Kier alpha value is -1.51. The van der Waals surface area contributed by atoms with Crippen molar-refractivity contribution < 1.29 is 9.53 Å². The largest absolute Gasteiger partial charge is 0.494 e. The van der Waals surface area contributed by atoms with E-state index in [1.807, 2.05) is 52.8 Å². The SMILES string of the molecule is CCOc1cc(C)ccc1CNC(=NC)NCC(=O)NC(C)(C)C.I. The van der Waals surface area contributed by atoms with E-state index < -0.39 is 0 Å². The summed E-state index contributed by atoms with van der Waals surface area (Å²) in [5.41, 5.74) is 1.96. The van der Waals surface area contributed by atoms with E-state index in [1.54, 1.807) is 7.05 Å². The van der Waals surface area contributed by atoms with Crippen molar-refractivity contribution in [3.8, 4) is 5.75 Å². The zero-order valence-corrected chi connectivity index (χ0v) is 18.4. The van der Waals surface area contributed by atoms with Gasteiger partial charge in [-0.3, -0.25) is 9.79 Å². The second kappa shape index (κ2) is 11.2. The van der Waals surface area contributed by atoms with Gasteiger partial charge in [0.2, 0.25) is 5.91 Å². The smallest absolute Gasteiger partial charge is 0.239 e. The normalized spacial score (nSPS) is 11.4. The predicted molar refractivity (Wildman–Crippen MR) is 114 cm³/mol. The Morgan fingerprint density at radius 1 is 1.24 bits per heavy atom. The number of aliphatic imine (C=N–C) groups is 1. The highest BCUT2D eigenvalue weighted by Crippen LogP contribution is 2.20. The highest BCUT2D eigenvalue weighted by molar-refractivity contribution is 14.0. The lowest BCUT2D eigenvalue weighted by Crippen LogP contribution is -2.48. The number of hydrogen-bond donors (Lipinski definition) is 3. The Morgan fingerprint density at radius 2 is 1.92 bits per heavy atom. The maximum absolute atomic E-state index is 11.9. The van der Waals surface area contributed by atoms with Gasteiger partial charge in [0.15, 0.2) is 5.96 Å². The van der Waals surface area contributed by atoms with Crippen molar-refractivity contribution in [2.24, 2.45) is 4.99 Å². The lowest BCUT2D eigenvalue weighted by atomic mass is 10.1. The van der Waals surface area contributed by atoms with E-state index in [4.69, 9.17) is 4.74 Å². The second-order valence-corrected chi connectivity index (χ2v) is 6.62. The highest BCUT2D eigenvalue weighted by atomic mass is 127. The first kappa shape index (κ1) is 23.5. The molecule has 0 aliphatic heterocycles. The molecule has 1 rings (SSSR count). The molecule has 0 spiro atoms. The standard InChI is InChI=1S/C18H30N4O2.HI/c1-7-24-15-10-13(2)8-9-14(15)11-20-17(19-6)21-12-16(23)22-18(3,4)5;/h8-10H,7,11-12H2,1-6H3,(H,22,23)(H2,19,20,21);1H. The molecule has 1 amide bonds. The fraction of sp³-hybridized carbons (Fsp3) is 0.556. The Labute approximate surface area is 168 Å². The molecule has 0 atom stereocenters. The average molecular weight is 462 g/mol. The van der Waals surface area contributed by atoms with E-state index >= 15 is 0 Å². The van der Waals surface area contributed by atoms with Crippen LogP contribution in [0.1, 0.15) is 38.8 Å². The highest BCUT2D eigenvalue weighted by Gasteiger charge is 2.13. The van der Waals surface area contributed by atoms with Gasteiger partial charge in [0, 0.05) is 24.7 Å². The predicted octanol–water partition coefficient (Wildman–Crippen LogP) is 2.59. The topological polar surface area (TPSA) is 74.8 Å². The third-order valence-electron chi connectivity index (χ3n) is 3.12. The van der Waals surface area contributed by atoms with Crippen molar-refractivity contribution in [3.63, 3.8) is 0 Å². The number of guanidine groups is 1. The number of ether oxygens (including phenoxy) is 1. The van der Waals surface area contributed by atoms with Gasteiger partial charge in [-0.15, -0.1) is 24.0 Å². The van der Waals surface area contributed by atoms with Gasteiger partial charge >= 0.3 is 0 Å². The first-order valence-electron chi connectivity index (χ1n) is 8.23. The average Bonchev–Trinajstić information content (AvgIpc) is 2.47. The lowest BCUT2D eigenvalue weighted by molar-refractivity contribution is -0.121. The molecule has 0 saturated carbocycles. The van der Waals surface area contributed by atoms with E-state index in [0.717, 1.165) is 16.9 Å². The molecule has 0 unspecified atom stereocenters. The van der Waals surface area contributed by atoms with E-state index in [9.17, 15) is 4.79 Å². The number of hydrogen-bond acceptors (Lipinski definition) is 3. The molecule has 1 aromatic carbocycles. The van der Waals surface area contributed by atoms with Crippen molar-refractivity contribution in [2.45, 2.75) is 46.7 Å². The van der Waals surface area contributed by atoms with Crippen LogP contribution in [0, 0.1) is 6.92 Å². The molecule has 0 aliphatic rings. The zero-order chi connectivity index (χ0) is 18.2. The number of amides is 1. The molecule has 0 fully saturated rings. The van der Waals surface area contributed by atoms with Gasteiger partial charge in [0.25, 0.3) is 0 Å². The number of aryl methyl sites for hydroxylation is 1. The Morgan fingerprint density at radius 3 is 2.48 bits per heavy atom. The summed E-state index contributed by atoms with van der Waals surface area (Å²) in [5, 5.41) is 9.11. The van der Waals surface area contributed by atoms with Crippen LogP contribution in [0.2, 0.25) is 0 Å². The Balaban J connectivity index is 0.00000576. The van der Waals surface area contributed by atoms with Crippen molar-refractivity contribution in [3.05, 3.63) is 29.3 Å². The summed E-state index contributed by atoms with van der Waals surface area (Å²) < 4.78 is 5.67. The molecule has 7 heteroatoms. The minimum absolute atomic E-state index is 0. The minimum atomic E-state index is -0.246. The van der Waals surface area contributed by atoms with Crippen molar-refractivity contribution >= 4 is 35.8 Å². The van der Waals surface area contributed by atoms with E-state index in [2.05, 4.69) is 20.9 Å². The maximum Gasteiger partial charge on any atom is 0.239 e. The van der Waals surface area contributed by atoms with Gasteiger partial charge in [0.05, 0.1) is 13.2 Å². The molecule has 25 heavy (non-hydrogen) atoms. The minimum Gasteiger partial charge on any atom is -0.494 e. The van der Waals surface area contributed by atoms with Crippen LogP contribution >= 0.6 is 24.0 Å². The summed E-state index contributed by atoms with van der Waals surface area (Å²) in [5.74, 6) is 1.36. The number of halogens is 1. The molecular formula is C18H31IN4O2. The Bertz CT molecular complexity index is 583. The van der Waals surface area contributed by atoms with Gasteiger partial charge in [-0.05, 0) is 46.2 Å². The summed E-state index contributed by atoms with van der Waals surface area (Å²) in [4.78, 5) is 16.0. The quantitative estimate of drug-likeness (QED) is 0.345. The van der Waals surface area contributed by atoms with Gasteiger partial charge in [-0.1, -0.05) is 12.1 Å². The number of rotatable bonds is 6. The number of benzene rings is 1. The molecular weight excluding hydrogens is 431 g/mol. The third kappa shape index (κ3) is 9.52. The maximum atomic E-state index is 11.9. The summed E-state index contributed by atoms with van der Waals surface area (Å²) in [6, 6.07) is 6.10. The first-order chi connectivity index (χ1) is 11.2. The van der Waals surface area contributed by atoms with E-state index in [-0.39, 0.29) is 42.0 Å². The lowest BCUT2D eigenvalue weighted by Gasteiger charge is -2.21. The number of nitrogens with one attached hydrogen (secondary N) is 3. The van der Waals surface area contributed by atoms with Crippen molar-refractivity contribution in [1.29, 1.82) is 0 Å². The monoisotopic (exact) mass is 462 g/mol. The first-order valence-corrected chi connectivity index (χ1v) is 8.23. The van der Waals surface area contributed by atoms with Crippen molar-refractivity contribution in [1.82, 2.24) is 16.0 Å². The van der Waals surface area contributed by atoms with Crippen LogP contribution in [0.3, 0.4) is 0 Å². The fourth-order valence-corrected chi connectivity index (χ4v) is 2.12. The van der Waals surface area contributed by atoms with Crippen LogP contribution in [0.5, 0.6) is 5.75 Å². The summed E-state index contributed by atoms with van der Waals surface area (Å²) in [7, 11) is 1.68. The van der Waals surface area contributed by atoms with Gasteiger partial charge in [-0.2, -0.15) is 0 Å². The van der Waals surface area contributed by atoms with Gasteiger partial charge < -0.3 is 20.7 Å². The van der Waals surface area contributed by atoms with Gasteiger partial charge in [-0.25, -0.2) is 0 Å². The van der Waals surface area contributed by atoms with Crippen LogP contribution in [0.4, 0.5) is 0 Å². The van der Waals surface area contributed by atoms with Crippen LogP contribution in [-0.2, 0) is 11.3 Å². The van der Waals surface area contributed by atoms with Crippen LogP contribution in [0.15, 0.2) is 23.2 Å². The molecule has 1 aromatic rings. The van der Waals surface area contributed by atoms with E-state index in [1.165, 1.54) is 0 Å². The van der Waals surface area contributed by atoms with Crippen molar-refractivity contribution in [2.75, 3.05) is 20.2 Å². The summed E-state index contributed by atoms with van der Waals surface area (Å²) in [6.45, 7) is 11.2. The summed E-state index contributed by atoms with van der Waals surface area (Å²) >= 11 is 0. The number of carbonyl (C=O) groups is 1. The number of nitrogens with zero attached hydrogens (tertiary/aromatic N) is 1. The Kier molecular flexibility index (Phi) is 10.5. The molecule has 142 valence electrons. The molecule has 0 bridgehead atoms. The fourth-order valence-electron chi connectivity index (χ4n) is 2.12. The molecule has 0 radical (unpaired) electrons. The molecule has 6 nitrogen and oxygen atoms in total. The molecule has 0 aliphatic carbocycles. The third-order valence-corrected chi connectivity index (χ3v) is 3.12. The van der Waals surface area contributed by atoms with Crippen LogP contribution < -0.4 is 20.7 Å². The van der Waals surface area contributed by atoms with E-state index in [0.29, 0.717) is 19.1 Å². The van der Waals surface area contributed by atoms with Crippen LogP contribution in [0.25, 0.3) is 0 Å². The van der Waals surface area contributed by atoms with Gasteiger partial charge in [0.1, 0.15) is 5.75 Å².